The lowest BCUT2D eigenvalue weighted by atomic mass is 9.50. The standard InChI is InChI=1S/C30H36N2O13/c1-14(43-28(41)17(5-6-22(36)37)31-21(35)12-18(34)26(38)39)27(40)44-19-7-8-30(42)20-11-15-3-4-16(13-33)24-23(15)29(30,25(19)45-24)9-10-32(20)2/h3-4,7,14,17-18,20,25,33-34,42H,5-6,8-13H2,1-2H3,(H,31,35)(H,36,37)(H,38,39)/t14-,17-,18-,20+,25-,29-,30+/m0/s1. The Kier molecular flexibility index (Phi) is 8.65. The van der Waals surface area contributed by atoms with Gasteiger partial charge in [-0.05, 0) is 51.4 Å². The van der Waals surface area contributed by atoms with Gasteiger partial charge in [0.15, 0.2) is 18.3 Å². The van der Waals surface area contributed by atoms with Crippen molar-refractivity contribution in [3.8, 4) is 5.75 Å². The van der Waals surface area contributed by atoms with Gasteiger partial charge in [-0.15, -0.1) is 0 Å². The van der Waals surface area contributed by atoms with Crippen molar-refractivity contribution in [1.82, 2.24) is 10.2 Å². The van der Waals surface area contributed by atoms with Crippen molar-refractivity contribution in [2.75, 3.05) is 13.6 Å². The molecule has 0 radical (unpaired) electrons. The van der Waals surface area contributed by atoms with Gasteiger partial charge in [-0.2, -0.15) is 0 Å². The zero-order chi connectivity index (χ0) is 32.8. The minimum atomic E-state index is -2.05. The summed E-state index contributed by atoms with van der Waals surface area (Å²) in [7, 11) is 1.95. The number of amides is 1. The van der Waals surface area contributed by atoms with E-state index in [1.807, 2.05) is 13.1 Å². The van der Waals surface area contributed by atoms with E-state index in [1.54, 1.807) is 12.1 Å². The Morgan fingerprint density at radius 1 is 1.18 bits per heavy atom. The predicted octanol–water partition coefficient (Wildman–Crippen LogP) is -0.883. The number of nitrogens with one attached hydrogen (secondary N) is 1. The van der Waals surface area contributed by atoms with Crippen molar-refractivity contribution in [1.29, 1.82) is 0 Å². The van der Waals surface area contributed by atoms with Gasteiger partial charge >= 0.3 is 23.9 Å². The average molecular weight is 633 g/mol. The van der Waals surface area contributed by atoms with Gasteiger partial charge in [-0.1, -0.05) is 12.1 Å². The number of ether oxygens (including phenoxy) is 3. The average Bonchev–Trinajstić information content (AvgIpc) is 3.34. The number of carboxylic acids is 2. The maximum Gasteiger partial charge on any atom is 0.352 e. The molecule has 1 aromatic rings. The number of hydrogen-bond acceptors (Lipinski definition) is 12. The number of nitrogens with zero attached hydrogens (tertiary/aromatic N) is 1. The molecule has 244 valence electrons. The molecule has 2 aliphatic heterocycles. The quantitative estimate of drug-likeness (QED) is 0.154. The molecule has 4 aliphatic rings. The number of esters is 2. The van der Waals surface area contributed by atoms with Crippen molar-refractivity contribution in [3.05, 3.63) is 40.7 Å². The normalized spacial score (nSPS) is 28.0. The van der Waals surface area contributed by atoms with Crippen LogP contribution in [0, 0.1) is 0 Å². The Balaban J connectivity index is 1.34. The van der Waals surface area contributed by atoms with Crippen LogP contribution >= 0.6 is 0 Å². The molecule has 1 saturated heterocycles. The summed E-state index contributed by atoms with van der Waals surface area (Å²) < 4.78 is 17.4. The Labute approximate surface area is 257 Å². The summed E-state index contributed by atoms with van der Waals surface area (Å²) in [5, 5.41) is 51.8. The van der Waals surface area contributed by atoms with Crippen molar-refractivity contribution < 1.29 is 63.7 Å². The molecule has 7 atom stereocenters. The minimum Gasteiger partial charge on any atom is -0.481 e. The first-order valence-electron chi connectivity index (χ1n) is 14.6. The van der Waals surface area contributed by atoms with Crippen LogP contribution in [0.4, 0.5) is 0 Å². The molecule has 45 heavy (non-hydrogen) atoms. The summed E-state index contributed by atoms with van der Waals surface area (Å²) in [5.74, 6) is -5.59. The first-order chi connectivity index (χ1) is 21.2. The summed E-state index contributed by atoms with van der Waals surface area (Å²) in [4.78, 5) is 62.4. The smallest absolute Gasteiger partial charge is 0.352 e. The van der Waals surface area contributed by atoms with Gasteiger partial charge in [0.25, 0.3) is 0 Å². The molecule has 0 aromatic heterocycles. The molecule has 1 spiro atoms. The number of likely N-dealkylation sites (N-methyl/N-ethyl adjacent to an activating group) is 1. The molecular formula is C30H36N2O13. The number of benzene rings is 1. The maximum atomic E-state index is 13.2. The van der Waals surface area contributed by atoms with Crippen LogP contribution in [0.1, 0.15) is 55.7 Å². The van der Waals surface area contributed by atoms with E-state index in [0.29, 0.717) is 30.7 Å². The highest BCUT2D eigenvalue weighted by molar-refractivity contribution is 5.89. The van der Waals surface area contributed by atoms with Crippen LogP contribution in [0.25, 0.3) is 0 Å². The molecular weight excluding hydrogens is 596 g/mol. The van der Waals surface area contributed by atoms with Crippen LogP contribution in [-0.2, 0) is 51.9 Å². The topological polar surface area (TPSA) is 229 Å². The molecule has 0 unspecified atom stereocenters. The molecule has 2 aliphatic carbocycles. The van der Waals surface area contributed by atoms with Crippen LogP contribution in [0.15, 0.2) is 24.0 Å². The molecule has 6 N–H and O–H groups in total. The number of carboxylic acid groups (broad SMARTS) is 2. The molecule has 2 bridgehead atoms. The largest absolute Gasteiger partial charge is 0.481 e. The highest BCUT2D eigenvalue weighted by Crippen LogP contribution is 2.64. The van der Waals surface area contributed by atoms with E-state index >= 15 is 0 Å². The van der Waals surface area contributed by atoms with Crippen LogP contribution < -0.4 is 10.1 Å². The Hall–Kier alpha value is -4.05. The van der Waals surface area contributed by atoms with Gasteiger partial charge in [0.05, 0.1) is 24.0 Å². The second-order valence-corrected chi connectivity index (χ2v) is 12.0. The Morgan fingerprint density at radius 3 is 2.58 bits per heavy atom. The number of piperidine rings is 1. The fraction of sp³-hybridized carbons (Fsp3) is 0.567. The Bertz CT molecular complexity index is 1460. The number of aliphatic carboxylic acids is 2. The lowest BCUT2D eigenvalue weighted by Gasteiger charge is -2.61. The highest BCUT2D eigenvalue weighted by Gasteiger charge is 2.72. The fourth-order valence-electron chi connectivity index (χ4n) is 7.17. The van der Waals surface area contributed by atoms with Crippen molar-refractivity contribution in [3.63, 3.8) is 0 Å². The number of likely N-dealkylation sites (tertiary alicyclic amines) is 1. The highest BCUT2D eigenvalue weighted by atomic mass is 16.6. The number of carbonyl (C=O) groups is 5. The molecule has 5 rings (SSSR count). The first-order valence-corrected chi connectivity index (χ1v) is 14.6. The Morgan fingerprint density at radius 2 is 1.91 bits per heavy atom. The summed E-state index contributed by atoms with van der Waals surface area (Å²) >= 11 is 0. The van der Waals surface area contributed by atoms with Gasteiger partial charge in [-0.3, -0.25) is 9.59 Å². The minimum absolute atomic E-state index is 0.113. The molecule has 1 fully saturated rings. The molecule has 2 heterocycles. The van der Waals surface area contributed by atoms with Gasteiger partial charge in [0, 0.05) is 30.0 Å². The number of carbonyl (C=O) groups excluding carboxylic acids is 3. The second kappa shape index (κ2) is 12.0. The summed E-state index contributed by atoms with van der Waals surface area (Å²) in [6.45, 7) is 1.56. The predicted molar refractivity (Wildman–Crippen MR) is 150 cm³/mol. The molecule has 0 saturated carbocycles. The van der Waals surface area contributed by atoms with Gasteiger partial charge in [0.1, 0.15) is 17.6 Å². The van der Waals surface area contributed by atoms with Crippen molar-refractivity contribution >= 4 is 29.8 Å². The fourth-order valence-corrected chi connectivity index (χ4v) is 7.17. The molecule has 15 nitrogen and oxygen atoms in total. The second-order valence-electron chi connectivity index (χ2n) is 12.0. The summed E-state index contributed by atoms with van der Waals surface area (Å²) in [5.41, 5.74) is 0.100. The third kappa shape index (κ3) is 5.43. The van der Waals surface area contributed by atoms with E-state index in [4.69, 9.17) is 24.4 Å². The summed E-state index contributed by atoms with van der Waals surface area (Å²) in [6.07, 6.45) is -3.60. The van der Waals surface area contributed by atoms with E-state index in [9.17, 15) is 39.3 Å². The SMILES string of the molecule is C[C@H](OC(=O)[C@H](CCC(=O)O)NC(=O)C[C@H](O)C(=O)O)C(=O)OC1=CC[C@@]2(O)[C@H]3Cc4ccc(CO)c5c4[C@@]2(CCN3C)[C@H]1O5. The first kappa shape index (κ1) is 32.3. The number of aliphatic hydroxyl groups excluding tert-OH is 2. The van der Waals surface area contributed by atoms with Crippen LogP contribution in [0.5, 0.6) is 5.75 Å². The zero-order valence-corrected chi connectivity index (χ0v) is 24.7. The van der Waals surface area contributed by atoms with E-state index in [1.165, 1.54) is 6.92 Å². The van der Waals surface area contributed by atoms with Crippen LogP contribution in [0.3, 0.4) is 0 Å². The van der Waals surface area contributed by atoms with Crippen molar-refractivity contribution in [2.24, 2.45) is 0 Å². The van der Waals surface area contributed by atoms with Crippen LogP contribution in [-0.4, -0.2) is 110 Å². The molecule has 15 heteroatoms. The zero-order valence-electron chi connectivity index (χ0n) is 24.7. The molecule has 1 amide bonds. The lowest BCUT2D eigenvalue weighted by molar-refractivity contribution is -0.176. The van der Waals surface area contributed by atoms with Crippen LogP contribution in [0.2, 0.25) is 0 Å². The molecule has 1 aromatic carbocycles. The van der Waals surface area contributed by atoms with Gasteiger partial charge in [0.2, 0.25) is 5.91 Å². The number of rotatable bonds is 12. The summed E-state index contributed by atoms with van der Waals surface area (Å²) in [6, 6.07) is 1.91. The van der Waals surface area contributed by atoms with Crippen molar-refractivity contribution in [2.45, 2.75) is 93.5 Å². The number of aliphatic hydroxyl groups is 3. The number of hydrogen-bond donors (Lipinski definition) is 6. The van der Waals surface area contributed by atoms with Gasteiger partial charge in [-0.25, -0.2) is 14.4 Å². The van der Waals surface area contributed by atoms with Gasteiger partial charge < -0.3 is 50.0 Å². The maximum absolute atomic E-state index is 13.2. The lowest BCUT2D eigenvalue weighted by Crippen LogP contribution is -2.74. The van der Waals surface area contributed by atoms with E-state index in [2.05, 4.69) is 10.2 Å². The van der Waals surface area contributed by atoms with E-state index in [0.717, 1.165) is 11.1 Å². The third-order valence-corrected chi connectivity index (χ3v) is 9.40. The van der Waals surface area contributed by atoms with E-state index in [-0.39, 0.29) is 24.8 Å². The third-order valence-electron chi connectivity index (χ3n) is 9.40. The monoisotopic (exact) mass is 632 g/mol. The van der Waals surface area contributed by atoms with E-state index < -0.39 is 84.4 Å².